The number of carbonyl (C=O) groups excluding carboxylic acids is 1. The van der Waals surface area contributed by atoms with Gasteiger partial charge in [-0.1, -0.05) is 22.6 Å². The van der Waals surface area contributed by atoms with Crippen molar-refractivity contribution in [3.8, 4) is 0 Å². The third kappa shape index (κ3) is 0.901. The highest BCUT2D eigenvalue weighted by Gasteiger charge is 2.82. The first-order valence-electron chi connectivity index (χ1n) is 7.00. The lowest BCUT2D eigenvalue weighted by molar-refractivity contribution is -0.163. The number of esters is 1. The summed E-state index contributed by atoms with van der Waals surface area (Å²) in [4.78, 5) is 12.2. The van der Waals surface area contributed by atoms with E-state index in [1.54, 1.807) is 0 Å². The highest BCUT2D eigenvalue weighted by atomic mass is 127. The van der Waals surface area contributed by atoms with Crippen LogP contribution in [0, 0.1) is 46.8 Å². The van der Waals surface area contributed by atoms with Gasteiger partial charge in [0.25, 0.3) is 0 Å². The van der Waals surface area contributed by atoms with E-state index in [-0.39, 0.29) is 11.4 Å². The quantitative estimate of drug-likeness (QED) is 0.415. The maximum Gasteiger partial charge on any atom is 0.312 e. The van der Waals surface area contributed by atoms with Crippen LogP contribution in [0.3, 0.4) is 0 Å². The molecule has 1 spiro atoms. The molecule has 0 aromatic rings. The Morgan fingerprint density at radius 1 is 1.29 bits per heavy atom. The summed E-state index contributed by atoms with van der Waals surface area (Å²) in [6.45, 7) is 0.743. The number of fused-ring (bicyclic) bond motifs is 1. The van der Waals surface area contributed by atoms with Gasteiger partial charge in [-0.15, -0.1) is 0 Å². The van der Waals surface area contributed by atoms with Crippen molar-refractivity contribution in [3.63, 3.8) is 0 Å². The van der Waals surface area contributed by atoms with Gasteiger partial charge in [0.15, 0.2) is 0 Å². The molecular formula is C14H17IO2. The zero-order valence-electron chi connectivity index (χ0n) is 9.77. The molecular weight excluding hydrogens is 327 g/mol. The summed E-state index contributed by atoms with van der Waals surface area (Å²) in [6.07, 6.45) is 3.99. The molecule has 92 valence electrons. The van der Waals surface area contributed by atoms with E-state index in [2.05, 4.69) is 22.6 Å². The highest BCUT2D eigenvalue weighted by molar-refractivity contribution is 14.1. The summed E-state index contributed by atoms with van der Waals surface area (Å²) in [5, 5.41) is 0. The number of ether oxygens (including phenoxy) is 1. The number of rotatable bonds is 1. The van der Waals surface area contributed by atoms with Crippen molar-refractivity contribution in [2.45, 2.75) is 19.3 Å². The topological polar surface area (TPSA) is 26.3 Å². The van der Waals surface area contributed by atoms with E-state index in [9.17, 15) is 4.79 Å². The molecule has 3 heteroatoms. The average molecular weight is 344 g/mol. The number of hydrogen-bond donors (Lipinski definition) is 0. The molecule has 5 fully saturated rings. The first-order chi connectivity index (χ1) is 8.27. The van der Waals surface area contributed by atoms with Crippen molar-refractivity contribution in [3.05, 3.63) is 0 Å². The van der Waals surface area contributed by atoms with Gasteiger partial charge < -0.3 is 4.74 Å². The maximum absolute atomic E-state index is 12.2. The first kappa shape index (κ1) is 10.0. The minimum absolute atomic E-state index is 0.0392. The molecule has 4 aliphatic carbocycles. The second kappa shape index (κ2) is 2.86. The maximum atomic E-state index is 12.2. The molecule has 5 aliphatic rings. The van der Waals surface area contributed by atoms with Gasteiger partial charge in [-0.2, -0.15) is 0 Å². The Hall–Kier alpha value is 0.200. The molecule has 0 aromatic carbocycles. The molecule has 0 aromatic heterocycles. The fraction of sp³-hybridized carbons (Fsp3) is 0.929. The van der Waals surface area contributed by atoms with Crippen LogP contribution in [0.4, 0.5) is 0 Å². The summed E-state index contributed by atoms with van der Waals surface area (Å²) in [5.41, 5.74) is 0.0392. The molecule has 17 heavy (non-hydrogen) atoms. The van der Waals surface area contributed by atoms with Crippen LogP contribution >= 0.6 is 22.6 Å². The SMILES string of the molecule is O=C1OC[C@H]2C[C@H]3C[C@@H](CI)[C@@H]4[C@H]3[C@H]2[C@@]12C[C@H]42. The van der Waals surface area contributed by atoms with Crippen LogP contribution in [0.1, 0.15) is 19.3 Å². The lowest BCUT2D eigenvalue weighted by Crippen LogP contribution is -2.39. The van der Waals surface area contributed by atoms with E-state index in [1.807, 2.05) is 0 Å². The van der Waals surface area contributed by atoms with Gasteiger partial charge in [-0.3, -0.25) is 4.79 Å². The van der Waals surface area contributed by atoms with Gasteiger partial charge in [0, 0.05) is 4.43 Å². The van der Waals surface area contributed by atoms with Crippen LogP contribution in [0.5, 0.6) is 0 Å². The minimum Gasteiger partial charge on any atom is -0.465 e. The largest absolute Gasteiger partial charge is 0.465 e. The van der Waals surface area contributed by atoms with E-state index >= 15 is 0 Å². The summed E-state index contributed by atoms with van der Waals surface area (Å²) in [6, 6.07) is 0. The van der Waals surface area contributed by atoms with Crippen molar-refractivity contribution in [1.29, 1.82) is 0 Å². The second-order valence-corrected chi connectivity index (χ2v) is 7.92. The number of hydrogen-bond acceptors (Lipinski definition) is 2. The molecule has 0 N–H and O–H groups in total. The Balaban J connectivity index is 1.65. The molecule has 1 heterocycles. The molecule has 5 rings (SSSR count). The van der Waals surface area contributed by atoms with E-state index in [0.29, 0.717) is 0 Å². The Morgan fingerprint density at radius 2 is 2.18 bits per heavy atom. The lowest BCUT2D eigenvalue weighted by Gasteiger charge is -2.33. The summed E-state index contributed by atoms with van der Waals surface area (Å²) >= 11 is 2.56. The fourth-order valence-corrected chi connectivity index (χ4v) is 7.47. The number of alkyl halides is 1. The van der Waals surface area contributed by atoms with Gasteiger partial charge in [0.1, 0.15) is 0 Å². The van der Waals surface area contributed by atoms with Crippen molar-refractivity contribution in [2.24, 2.45) is 46.8 Å². The molecule has 1 aliphatic heterocycles. The molecule has 2 nitrogen and oxygen atoms in total. The average Bonchev–Trinajstić information content (AvgIpc) is 2.70. The Bertz CT molecular complexity index is 422. The zero-order chi connectivity index (χ0) is 11.4. The van der Waals surface area contributed by atoms with Crippen LogP contribution in [0.25, 0.3) is 0 Å². The molecule has 0 bridgehead atoms. The van der Waals surface area contributed by atoms with Crippen molar-refractivity contribution >= 4 is 28.6 Å². The monoisotopic (exact) mass is 344 g/mol. The lowest BCUT2D eigenvalue weighted by atomic mass is 9.77. The first-order valence-corrected chi connectivity index (χ1v) is 8.53. The van der Waals surface area contributed by atoms with Crippen LogP contribution < -0.4 is 0 Å². The highest BCUT2D eigenvalue weighted by Crippen LogP contribution is 2.82. The van der Waals surface area contributed by atoms with Crippen LogP contribution in [0.2, 0.25) is 0 Å². The van der Waals surface area contributed by atoms with Gasteiger partial charge in [0.05, 0.1) is 12.0 Å². The van der Waals surface area contributed by atoms with Crippen molar-refractivity contribution < 1.29 is 9.53 Å². The summed E-state index contributed by atoms with van der Waals surface area (Å²) in [5.74, 6) is 6.01. The number of carbonyl (C=O) groups is 1. The third-order valence-corrected chi connectivity index (χ3v) is 7.92. The van der Waals surface area contributed by atoms with Crippen molar-refractivity contribution in [2.75, 3.05) is 11.0 Å². The fourth-order valence-electron chi connectivity index (χ4n) is 6.52. The molecule has 0 amide bonds. The van der Waals surface area contributed by atoms with E-state index in [1.165, 1.54) is 23.7 Å². The molecule has 1 saturated heterocycles. The van der Waals surface area contributed by atoms with Crippen molar-refractivity contribution in [1.82, 2.24) is 0 Å². The molecule has 0 radical (unpaired) electrons. The number of cyclic esters (lactones) is 1. The van der Waals surface area contributed by atoms with Gasteiger partial charge in [-0.05, 0) is 60.7 Å². The predicted octanol–water partition coefficient (Wildman–Crippen LogP) is 2.50. The smallest absolute Gasteiger partial charge is 0.312 e. The van der Waals surface area contributed by atoms with E-state index in [0.717, 1.165) is 48.0 Å². The standard InChI is InChI=1S/C14H17IO2/c15-4-7-1-6-2-8-5-17-13(16)14-3-9(14)10(7)11(6)12(8)14/h6-12H,1-5H2/t6-,7+,8-,9-,10+,11+,12+,14+/m1/s1. The second-order valence-electron chi connectivity index (χ2n) is 7.04. The van der Waals surface area contributed by atoms with Gasteiger partial charge in [-0.25, -0.2) is 0 Å². The van der Waals surface area contributed by atoms with E-state index < -0.39 is 0 Å². The van der Waals surface area contributed by atoms with Gasteiger partial charge >= 0.3 is 5.97 Å². The number of halogens is 1. The van der Waals surface area contributed by atoms with Crippen LogP contribution in [-0.2, 0) is 9.53 Å². The Labute approximate surface area is 115 Å². The third-order valence-electron chi connectivity index (χ3n) is 6.79. The summed E-state index contributed by atoms with van der Waals surface area (Å²) < 4.78 is 6.82. The van der Waals surface area contributed by atoms with Crippen LogP contribution in [-0.4, -0.2) is 17.0 Å². The minimum atomic E-state index is 0.0392. The Morgan fingerprint density at radius 3 is 3.00 bits per heavy atom. The van der Waals surface area contributed by atoms with Gasteiger partial charge in [0.2, 0.25) is 0 Å². The van der Waals surface area contributed by atoms with Crippen LogP contribution in [0.15, 0.2) is 0 Å². The normalized spacial score (nSPS) is 65.5. The predicted molar refractivity (Wildman–Crippen MR) is 70.6 cm³/mol. The molecule has 8 atom stereocenters. The molecule has 4 saturated carbocycles. The zero-order valence-corrected chi connectivity index (χ0v) is 11.9. The Kier molecular flexibility index (Phi) is 1.69. The molecule has 0 unspecified atom stereocenters. The van der Waals surface area contributed by atoms with E-state index in [4.69, 9.17) is 4.74 Å². The summed E-state index contributed by atoms with van der Waals surface area (Å²) in [7, 11) is 0.